The fourth-order valence-corrected chi connectivity index (χ4v) is 3.87. The van der Waals surface area contributed by atoms with E-state index < -0.39 is 12.1 Å². The first kappa shape index (κ1) is 19.2. The predicted molar refractivity (Wildman–Crippen MR) is 102 cm³/mol. The molecule has 2 unspecified atom stereocenters. The van der Waals surface area contributed by atoms with Crippen LogP contribution in [0.25, 0.3) is 11.2 Å². The van der Waals surface area contributed by atoms with Gasteiger partial charge in [-0.1, -0.05) is 0 Å². The number of imidazole rings is 1. The Bertz CT molecular complexity index is 863. The van der Waals surface area contributed by atoms with Crippen LogP contribution in [0, 0.1) is 0 Å². The average Bonchev–Trinajstić information content (AvgIpc) is 3.07. The third-order valence-electron chi connectivity index (χ3n) is 5.00. The van der Waals surface area contributed by atoms with Gasteiger partial charge in [-0.2, -0.15) is 9.97 Å². The highest BCUT2D eigenvalue weighted by atomic mass is 35.5. The van der Waals surface area contributed by atoms with E-state index in [4.69, 9.17) is 26.1 Å². The number of hydrogen-bond donors (Lipinski definition) is 2. The first-order valence-corrected chi connectivity index (χ1v) is 9.81. The number of carbonyl (C=O) groups is 1. The lowest BCUT2D eigenvalue weighted by Crippen LogP contribution is -2.37. The van der Waals surface area contributed by atoms with E-state index in [1.165, 1.54) is 0 Å². The number of hydrogen-bond acceptors (Lipinski definition) is 7. The predicted octanol–water partition coefficient (Wildman–Crippen LogP) is 2.34. The van der Waals surface area contributed by atoms with Gasteiger partial charge in [0.1, 0.15) is 12.1 Å². The van der Waals surface area contributed by atoms with E-state index in [1.807, 2.05) is 4.57 Å². The van der Waals surface area contributed by atoms with Gasteiger partial charge in [0.25, 0.3) is 0 Å². The molecule has 2 fully saturated rings. The van der Waals surface area contributed by atoms with E-state index in [-0.39, 0.29) is 11.5 Å². The molecule has 0 spiro atoms. The minimum Gasteiger partial charge on any atom is -0.465 e. The SMILES string of the molecule is CC(NC(=O)O)c1nc2c(N3CCOCC3)nc(Cl)nc2n1C1CCCCO1. The Balaban J connectivity index is 1.86. The van der Waals surface area contributed by atoms with Crippen molar-refractivity contribution in [1.29, 1.82) is 0 Å². The van der Waals surface area contributed by atoms with Crippen LogP contribution < -0.4 is 10.2 Å². The number of rotatable bonds is 4. The van der Waals surface area contributed by atoms with Crippen molar-refractivity contribution in [2.24, 2.45) is 0 Å². The van der Waals surface area contributed by atoms with Gasteiger partial charge < -0.3 is 24.8 Å². The van der Waals surface area contributed by atoms with Gasteiger partial charge in [-0.05, 0) is 37.8 Å². The Kier molecular flexibility index (Phi) is 5.51. The third kappa shape index (κ3) is 3.71. The van der Waals surface area contributed by atoms with Crippen LogP contribution in [0.3, 0.4) is 0 Å². The van der Waals surface area contributed by atoms with Gasteiger partial charge in [-0.25, -0.2) is 9.78 Å². The van der Waals surface area contributed by atoms with Crippen molar-refractivity contribution < 1.29 is 19.4 Å². The van der Waals surface area contributed by atoms with E-state index in [9.17, 15) is 9.90 Å². The maximum absolute atomic E-state index is 11.2. The molecular weight excluding hydrogens is 388 g/mol. The summed E-state index contributed by atoms with van der Waals surface area (Å²) in [6.45, 7) is 4.93. The van der Waals surface area contributed by atoms with E-state index in [2.05, 4.69) is 20.2 Å². The zero-order valence-corrected chi connectivity index (χ0v) is 16.4. The van der Waals surface area contributed by atoms with Crippen molar-refractivity contribution in [2.45, 2.75) is 38.5 Å². The molecule has 0 radical (unpaired) electrons. The zero-order chi connectivity index (χ0) is 19.7. The number of aromatic nitrogens is 4. The number of carboxylic acid groups (broad SMARTS) is 1. The Labute approximate surface area is 166 Å². The second-order valence-electron chi connectivity index (χ2n) is 6.92. The van der Waals surface area contributed by atoms with Gasteiger partial charge in [-0.3, -0.25) is 4.57 Å². The lowest BCUT2D eigenvalue weighted by Gasteiger charge is -2.28. The number of halogens is 1. The highest BCUT2D eigenvalue weighted by molar-refractivity contribution is 6.28. The molecule has 0 aromatic carbocycles. The number of nitrogens with zero attached hydrogens (tertiary/aromatic N) is 5. The summed E-state index contributed by atoms with van der Waals surface area (Å²) in [7, 11) is 0. The van der Waals surface area contributed by atoms with Gasteiger partial charge in [0, 0.05) is 19.7 Å². The molecule has 2 atom stereocenters. The molecule has 2 saturated heterocycles. The molecule has 152 valence electrons. The maximum atomic E-state index is 11.2. The second-order valence-corrected chi connectivity index (χ2v) is 7.26. The van der Waals surface area contributed by atoms with E-state index >= 15 is 0 Å². The molecule has 1 amide bonds. The average molecular weight is 411 g/mol. The molecule has 2 aliphatic rings. The van der Waals surface area contributed by atoms with E-state index in [1.54, 1.807) is 6.92 Å². The van der Waals surface area contributed by atoms with Gasteiger partial charge in [-0.15, -0.1) is 0 Å². The molecule has 10 nitrogen and oxygen atoms in total. The van der Waals surface area contributed by atoms with Gasteiger partial charge in [0.15, 0.2) is 17.0 Å². The quantitative estimate of drug-likeness (QED) is 0.738. The van der Waals surface area contributed by atoms with Crippen LogP contribution in [-0.4, -0.2) is 63.6 Å². The minimum absolute atomic E-state index is 0.122. The van der Waals surface area contributed by atoms with Crippen molar-refractivity contribution in [3.8, 4) is 0 Å². The van der Waals surface area contributed by atoms with Crippen LogP contribution in [0.4, 0.5) is 10.6 Å². The number of anilines is 1. The number of amides is 1. The zero-order valence-electron chi connectivity index (χ0n) is 15.6. The van der Waals surface area contributed by atoms with Crippen LogP contribution in [0.15, 0.2) is 0 Å². The molecule has 2 aliphatic heterocycles. The monoisotopic (exact) mass is 410 g/mol. The number of fused-ring (bicyclic) bond motifs is 1. The van der Waals surface area contributed by atoms with Crippen LogP contribution in [0.1, 0.15) is 44.3 Å². The Hall–Kier alpha value is -2.17. The fraction of sp³-hybridized carbons (Fsp3) is 0.647. The molecule has 11 heteroatoms. The molecule has 0 aliphatic carbocycles. The molecule has 4 heterocycles. The molecule has 2 aromatic rings. The first-order chi connectivity index (χ1) is 13.5. The van der Waals surface area contributed by atoms with Crippen LogP contribution in [0.5, 0.6) is 0 Å². The molecule has 0 saturated carbocycles. The van der Waals surface area contributed by atoms with Crippen molar-refractivity contribution >= 4 is 34.7 Å². The summed E-state index contributed by atoms with van der Waals surface area (Å²) in [5, 5.41) is 11.8. The van der Waals surface area contributed by atoms with Crippen molar-refractivity contribution in [1.82, 2.24) is 24.8 Å². The summed E-state index contributed by atoms with van der Waals surface area (Å²) in [6, 6.07) is -0.548. The normalized spacial score (nSPS) is 21.6. The molecule has 28 heavy (non-hydrogen) atoms. The molecule has 0 bridgehead atoms. The maximum Gasteiger partial charge on any atom is 0.405 e. The molecule has 2 aromatic heterocycles. The summed E-state index contributed by atoms with van der Waals surface area (Å²) >= 11 is 6.26. The summed E-state index contributed by atoms with van der Waals surface area (Å²) in [5.74, 6) is 1.17. The number of nitrogens with one attached hydrogen (secondary N) is 1. The summed E-state index contributed by atoms with van der Waals surface area (Å²) in [5.41, 5.74) is 1.15. The summed E-state index contributed by atoms with van der Waals surface area (Å²) in [6.07, 6.45) is 1.42. The second kappa shape index (κ2) is 8.06. The van der Waals surface area contributed by atoms with Crippen LogP contribution in [0.2, 0.25) is 5.28 Å². The molecular formula is C17H23ClN6O4. The molecule has 2 N–H and O–H groups in total. The fourth-order valence-electron chi connectivity index (χ4n) is 3.71. The Morgan fingerprint density at radius 3 is 2.71 bits per heavy atom. The van der Waals surface area contributed by atoms with Crippen molar-refractivity contribution in [2.75, 3.05) is 37.8 Å². The Morgan fingerprint density at radius 2 is 2.04 bits per heavy atom. The lowest BCUT2D eigenvalue weighted by molar-refractivity contribution is -0.0320. The van der Waals surface area contributed by atoms with E-state index in [0.29, 0.717) is 55.7 Å². The van der Waals surface area contributed by atoms with E-state index in [0.717, 1.165) is 19.3 Å². The molecule has 4 rings (SSSR count). The lowest BCUT2D eigenvalue weighted by atomic mass is 10.2. The van der Waals surface area contributed by atoms with Gasteiger partial charge >= 0.3 is 6.09 Å². The van der Waals surface area contributed by atoms with Crippen LogP contribution >= 0.6 is 11.6 Å². The summed E-state index contributed by atoms with van der Waals surface area (Å²) in [4.78, 5) is 26.9. The smallest absolute Gasteiger partial charge is 0.405 e. The Morgan fingerprint density at radius 1 is 1.25 bits per heavy atom. The standard InChI is InChI=1S/C17H23ClN6O4/c1-10(19-17(25)26)13-20-12-14(23-5-8-27-9-6-23)21-16(18)22-15(12)24(13)11-4-2-3-7-28-11/h10-11,19H,2-9H2,1H3,(H,25,26). The van der Waals surface area contributed by atoms with Crippen LogP contribution in [-0.2, 0) is 9.47 Å². The largest absolute Gasteiger partial charge is 0.465 e. The highest BCUT2D eigenvalue weighted by Crippen LogP contribution is 2.34. The van der Waals surface area contributed by atoms with Crippen molar-refractivity contribution in [3.05, 3.63) is 11.1 Å². The first-order valence-electron chi connectivity index (χ1n) is 9.43. The number of ether oxygens (including phenoxy) is 2. The van der Waals surface area contributed by atoms with Gasteiger partial charge in [0.2, 0.25) is 5.28 Å². The topological polar surface area (TPSA) is 115 Å². The van der Waals surface area contributed by atoms with Crippen molar-refractivity contribution in [3.63, 3.8) is 0 Å². The highest BCUT2D eigenvalue weighted by Gasteiger charge is 2.29. The third-order valence-corrected chi connectivity index (χ3v) is 5.17. The summed E-state index contributed by atoms with van der Waals surface area (Å²) < 4.78 is 13.3. The van der Waals surface area contributed by atoms with Gasteiger partial charge in [0.05, 0.1) is 19.3 Å². The number of morpholine rings is 1. The minimum atomic E-state index is -1.12.